The highest BCUT2D eigenvalue weighted by atomic mass is 35.5. The monoisotopic (exact) mass is 290 g/mol. The zero-order valence-electron chi connectivity index (χ0n) is 10.4. The van der Waals surface area contributed by atoms with Crippen LogP contribution < -0.4 is 10.5 Å². The van der Waals surface area contributed by atoms with Crippen LogP contribution in [0.4, 0.5) is 5.69 Å². The van der Waals surface area contributed by atoms with Gasteiger partial charge in [-0.05, 0) is 19.9 Å². The van der Waals surface area contributed by atoms with Crippen LogP contribution >= 0.6 is 23.2 Å². The molecule has 0 bridgehead atoms. The number of likely N-dealkylation sites (N-methyl/N-ethyl adjacent to an activating group) is 1. The highest BCUT2D eigenvalue weighted by Crippen LogP contribution is 2.32. The first-order chi connectivity index (χ1) is 8.49. The van der Waals surface area contributed by atoms with Gasteiger partial charge in [-0.15, -0.1) is 0 Å². The second kappa shape index (κ2) is 6.71. The summed E-state index contributed by atoms with van der Waals surface area (Å²) < 4.78 is 5.36. The lowest BCUT2D eigenvalue weighted by Gasteiger charge is -2.19. The van der Waals surface area contributed by atoms with Crippen LogP contribution in [0.15, 0.2) is 12.1 Å². The van der Waals surface area contributed by atoms with Crippen molar-refractivity contribution in [2.75, 3.05) is 25.4 Å². The molecule has 0 aliphatic heterocycles. The number of nitrogens with two attached hydrogens (primary N) is 1. The van der Waals surface area contributed by atoms with Crippen LogP contribution in [0.25, 0.3) is 0 Å². The van der Waals surface area contributed by atoms with Gasteiger partial charge in [-0.3, -0.25) is 4.79 Å². The van der Waals surface area contributed by atoms with Crippen LogP contribution in [0.1, 0.15) is 13.8 Å². The van der Waals surface area contributed by atoms with Gasteiger partial charge < -0.3 is 15.4 Å². The zero-order chi connectivity index (χ0) is 13.7. The van der Waals surface area contributed by atoms with Crippen molar-refractivity contribution in [3.63, 3.8) is 0 Å². The van der Waals surface area contributed by atoms with E-state index in [0.717, 1.165) is 0 Å². The fourth-order valence-electron chi connectivity index (χ4n) is 1.48. The number of carbonyl (C=O) groups is 1. The molecule has 100 valence electrons. The van der Waals surface area contributed by atoms with Gasteiger partial charge in [-0.2, -0.15) is 0 Å². The first kappa shape index (κ1) is 14.9. The Morgan fingerprint density at radius 3 is 2.39 bits per heavy atom. The zero-order valence-corrected chi connectivity index (χ0v) is 11.9. The number of anilines is 1. The molecule has 0 aliphatic rings. The van der Waals surface area contributed by atoms with Gasteiger partial charge in [0.15, 0.2) is 6.61 Å². The average molecular weight is 291 g/mol. The molecule has 1 aromatic carbocycles. The number of nitrogen functional groups attached to an aromatic ring is 1. The summed E-state index contributed by atoms with van der Waals surface area (Å²) in [6.07, 6.45) is 0. The predicted octanol–water partition coefficient (Wildman–Crippen LogP) is 2.82. The molecule has 0 atom stereocenters. The normalized spacial score (nSPS) is 10.2. The molecule has 1 rings (SSSR count). The van der Waals surface area contributed by atoms with E-state index >= 15 is 0 Å². The maximum Gasteiger partial charge on any atom is 0.260 e. The molecule has 18 heavy (non-hydrogen) atoms. The molecule has 0 saturated carbocycles. The summed E-state index contributed by atoms with van der Waals surface area (Å²) in [7, 11) is 0. The summed E-state index contributed by atoms with van der Waals surface area (Å²) in [5.41, 5.74) is 6.08. The van der Waals surface area contributed by atoms with Crippen molar-refractivity contribution in [3.8, 4) is 5.75 Å². The Labute approximate surface area is 117 Å². The van der Waals surface area contributed by atoms with E-state index in [9.17, 15) is 4.79 Å². The average Bonchev–Trinajstić information content (AvgIpc) is 2.33. The topological polar surface area (TPSA) is 55.6 Å². The van der Waals surface area contributed by atoms with E-state index in [4.69, 9.17) is 33.7 Å². The summed E-state index contributed by atoms with van der Waals surface area (Å²) >= 11 is 11.7. The van der Waals surface area contributed by atoms with Crippen molar-refractivity contribution in [1.82, 2.24) is 4.90 Å². The molecule has 1 aromatic rings. The molecule has 0 unspecified atom stereocenters. The molecule has 1 amide bonds. The minimum Gasteiger partial charge on any atom is -0.482 e. The summed E-state index contributed by atoms with van der Waals surface area (Å²) in [5, 5.41) is 0.702. The van der Waals surface area contributed by atoms with E-state index in [2.05, 4.69) is 0 Å². The number of carbonyl (C=O) groups excluding carboxylic acids is 1. The van der Waals surface area contributed by atoms with Crippen molar-refractivity contribution in [3.05, 3.63) is 22.2 Å². The number of hydrogen-bond acceptors (Lipinski definition) is 3. The van der Waals surface area contributed by atoms with Crippen LogP contribution in [-0.4, -0.2) is 30.5 Å². The third kappa shape index (κ3) is 3.68. The molecule has 2 N–H and O–H groups in total. The minimum atomic E-state index is -0.0922. The molecular weight excluding hydrogens is 275 g/mol. The van der Waals surface area contributed by atoms with Crippen molar-refractivity contribution in [2.45, 2.75) is 13.8 Å². The molecule has 0 heterocycles. The van der Waals surface area contributed by atoms with Gasteiger partial charge in [0.05, 0.1) is 15.7 Å². The smallest absolute Gasteiger partial charge is 0.260 e. The Balaban J connectivity index is 2.69. The van der Waals surface area contributed by atoms with Crippen LogP contribution in [0.5, 0.6) is 5.75 Å². The number of rotatable bonds is 5. The first-order valence-electron chi connectivity index (χ1n) is 5.64. The number of hydrogen-bond donors (Lipinski definition) is 1. The SMILES string of the molecule is CCN(CC)C(=O)COc1cc(Cl)c(Cl)cc1N. The van der Waals surface area contributed by atoms with E-state index in [0.29, 0.717) is 34.6 Å². The van der Waals surface area contributed by atoms with E-state index in [-0.39, 0.29) is 12.5 Å². The van der Waals surface area contributed by atoms with E-state index in [1.807, 2.05) is 13.8 Å². The van der Waals surface area contributed by atoms with Crippen LogP contribution in [0.3, 0.4) is 0 Å². The third-order valence-corrected chi connectivity index (χ3v) is 3.24. The molecule has 0 aromatic heterocycles. The summed E-state index contributed by atoms with van der Waals surface area (Å²) in [5.74, 6) is 0.273. The van der Waals surface area contributed by atoms with E-state index < -0.39 is 0 Å². The number of ether oxygens (including phenoxy) is 1. The lowest BCUT2D eigenvalue weighted by molar-refractivity contribution is -0.132. The Morgan fingerprint density at radius 1 is 1.28 bits per heavy atom. The van der Waals surface area contributed by atoms with Crippen molar-refractivity contribution in [1.29, 1.82) is 0 Å². The predicted molar refractivity (Wildman–Crippen MR) is 74.3 cm³/mol. The standard InChI is InChI=1S/C12H16Cl2N2O2/c1-3-16(4-2)12(17)7-18-11-6-9(14)8(13)5-10(11)15/h5-6H,3-4,7,15H2,1-2H3. The molecule has 0 radical (unpaired) electrons. The molecule has 0 aliphatic carbocycles. The van der Waals surface area contributed by atoms with Crippen molar-refractivity contribution >= 4 is 34.8 Å². The van der Waals surface area contributed by atoms with Gasteiger partial charge in [-0.25, -0.2) is 0 Å². The molecule has 0 fully saturated rings. The van der Waals surface area contributed by atoms with Crippen molar-refractivity contribution < 1.29 is 9.53 Å². The van der Waals surface area contributed by atoms with Crippen LogP contribution in [-0.2, 0) is 4.79 Å². The fraction of sp³-hybridized carbons (Fsp3) is 0.417. The maximum atomic E-state index is 11.7. The van der Waals surface area contributed by atoms with E-state index in [1.54, 1.807) is 4.90 Å². The van der Waals surface area contributed by atoms with E-state index in [1.165, 1.54) is 12.1 Å². The largest absolute Gasteiger partial charge is 0.482 e. The first-order valence-corrected chi connectivity index (χ1v) is 6.40. The van der Waals surface area contributed by atoms with Gasteiger partial charge in [0.2, 0.25) is 0 Å². The third-order valence-electron chi connectivity index (χ3n) is 2.52. The Bertz CT molecular complexity index is 434. The maximum absolute atomic E-state index is 11.7. The van der Waals surface area contributed by atoms with Crippen LogP contribution in [0.2, 0.25) is 10.0 Å². The van der Waals surface area contributed by atoms with Gasteiger partial charge in [0.25, 0.3) is 5.91 Å². The van der Waals surface area contributed by atoms with Crippen molar-refractivity contribution in [2.24, 2.45) is 0 Å². The second-order valence-electron chi connectivity index (χ2n) is 3.66. The van der Waals surface area contributed by atoms with Gasteiger partial charge in [0.1, 0.15) is 5.75 Å². The molecule has 0 saturated heterocycles. The fourth-order valence-corrected chi connectivity index (χ4v) is 1.80. The van der Waals surface area contributed by atoms with Crippen LogP contribution in [0, 0.1) is 0 Å². The lowest BCUT2D eigenvalue weighted by atomic mass is 10.3. The van der Waals surface area contributed by atoms with Gasteiger partial charge in [0, 0.05) is 19.2 Å². The second-order valence-corrected chi connectivity index (χ2v) is 4.47. The Morgan fingerprint density at radius 2 is 1.83 bits per heavy atom. The summed E-state index contributed by atoms with van der Waals surface area (Å²) in [6.45, 7) is 5.05. The molecule has 0 spiro atoms. The Kier molecular flexibility index (Phi) is 5.56. The lowest BCUT2D eigenvalue weighted by Crippen LogP contribution is -2.34. The molecular formula is C12H16Cl2N2O2. The molecule has 6 heteroatoms. The number of halogens is 2. The summed E-state index contributed by atoms with van der Waals surface area (Å²) in [6, 6.07) is 3.01. The number of nitrogens with zero attached hydrogens (tertiary/aromatic N) is 1. The highest BCUT2D eigenvalue weighted by molar-refractivity contribution is 6.42. The molecule has 4 nitrogen and oxygen atoms in total. The number of benzene rings is 1. The number of amides is 1. The quantitative estimate of drug-likeness (QED) is 0.849. The minimum absolute atomic E-state index is 0.0656. The highest BCUT2D eigenvalue weighted by Gasteiger charge is 2.12. The Hall–Kier alpha value is -1.13. The summed E-state index contributed by atoms with van der Waals surface area (Å²) in [4.78, 5) is 13.4. The van der Waals surface area contributed by atoms with Gasteiger partial charge >= 0.3 is 0 Å². The van der Waals surface area contributed by atoms with Gasteiger partial charge in [-0.1, -0.05) is 23.2 Å².